The molecule has 0 amide bonds. The summed E-state index contributed by atoms with van der Waals surface area (Å²) < 4.78 is 20.5. The van der Waals surface area contributed by atoms with Gasteiger partial charge in [0.2, 0.25) is 0 Å². The second kappa shape index (κ2) is 11.6. The zero-order chi connectivity index (χ0) is 23.1. The molecule has 1 aromatic carbocycles. The van der Waals surface area contributed by atoms with Gasteiger partial charge in [-0.2, -0.15) is 0 Å². The van der Waals surface area contributed by atoms with Crippen molar-refractivity contribution in [3.63, 3.8) is 0 Å². The fraction of sp³-hybridized carbons (Fsp3) is 0.500. The molecule has 1 aliphatic rings. The first kappa shape index (κ1) is 24.5. The van der Waals surface area contributed by atoms with Crippen LogP contribution in [0.1, 0.15) is 36.8 Å². The van der Waals surface area contributed by atoms with Crippen molar-refractivity contribution >= 4 is 34.0 Å². The standard InChI is InChI=1S/C26H33FN2O2S2/c1-31-21-6-7-24-23(16-21)22(20(17-27)18-28-24)4-2-8-26(19-30)9-11-29(12-10-26)13-15-33-25-5-3-14-32-25/h3,5-7,14,16,18,30H,2,4,8-13,15,17,19H2,1H3. The van der Waals surface area contributed by atoms with Crippen molar-refractivity contribution in [3.05, 3.63) is 53.0 Å². The van der Waals surface area contributed by atoms with E-state index in [9.17, 15) is 9.50 Å². The number of thioether (sulfide) groups is 1. The number of aromatic nitrogens is 1. The number of ether oxygens (including phenoxy) is 1. The number of thiophene rings is 1. The van der Waals surface area contributed by atoms with Crippen molar-refractivity contribution in [2.24, 2.45) is 5.41 Å². The summed E-state index contributed by atoms with van der Waals surface area (Å²) in [6.07, 6.45) is 6.38. The van der Waals surface area contributed by atoms with Gasteiger partial charge < -0.3 is 14.7 Å². The van der Waals surface area contributed by atoms with Crippen LogP contribution in [-0.2, 0) is 13.1 Å². The van der Waals surface area contributed by atoms with Crippen molar-refractivity contribution < 1.29 is 14.2 Å². The fourth-order valence-electron chi connectivity index (χ4n) is 4.80. The summed E-state index contributed by atoms with van der Waals surface area (Å²) in [4.78, 5) is 6.95. The molecule has 33 heavy (non-hydrogen) atoms. The van der Waals surface area contributed by atoms with Crippen LogP contribution in [0, 0.1) is 5.41 Å². The Morgan fingerprint density at radius 2 is 2.12 bits per heavy atom. The van der Waals surface area contributed by atoms with Gasteiger partial charge in [0.1, 0.15) is 12.4 Å². The zero-order valence-corrected chi connectivity index (χ0v) is 20.9. The number of methoxy groups -OCH3 is 1. The largest absolute Gasteiger partial charge is 0.497 e. The third kappa shape index (κ3) is 6.07. The average molecular weight is 489 g/mol. The number of pyridine rings is 1. The molecule has 4 rings (SSSR count). The second-order valence-corrected chi connectivity index (χ2v) is 11.3. The molecule has 0 unspecified atom stereocenters. The highest BCUT2D eigenvalue weighted by atomic mass is 32.2. The van der Waals surface area contributed by atoms with Crippen LogP contribution in [0.3, 0.4) is 0 Å². The Hall–Kier alpha value is -1.67. The lowest BCUT2D eigenvalue weighted by Crippen LogP contribution is -2.42. The van der Waals surface area contributed by atoms with Gasteiger partial charge in [0.15, 0.2) is 0 Å². The van der Waals surface area contributed by atoms with Gasteiger partial charge in [0.05, 0.1) is 16.8 Å². The number of aliphatic hydroxyl groups excluding tert-OH is 1. The summed E-state index contributed by atoms with van der Waals surface area (Å²) in [6.45, 7) is 2.88. The molecule has 7 heteroatoms. The summed E-state index contributed by atoms with van der Waals surface area (Å²) in [5.74, 6) is 1.87. The van der Waals surface area contributed by atoms with Crippen molar-refractivity contribution in [3.8, 4) is 5.75 Å². The lowest BCUT2D eigenvalue weighted by molar-refractivity contribution is 0.0378. The number of rotatable bonds is 11. The third-order valence-corrected chi connectivity index (χ3v) is 9.06. The Morgan fingerprint density at radius 3 is 2.82 bits per heavy atom. The van der Waals surface area contributed by atoms with Gasteiger partial charge in [0.25, 0.3) is 0 Å². The molecule has 4 nitrogen and oxygen atoms in total. The first-order valence-corrected chi connectivity index (χ1v) is 13.5. The molecular formula is C26H33FN2O2S2. The van der Waals surface area contributed by atoms with E-state index in [-0.39, 0.29) is 12.0 Å². The molecular weight excluding hydrogens is 455 g/mol. The molecule has 1 aliphatic heterocycles. The first-order chi connectivity index (χ1) is 16.2. The molecule has 3 aromatic rings. The fourth-order valence-corrected chi connectivity index (χ4v) is 6.67. The molecule has 3 heterocycles. The van der Waals surface area contributed by atoms with E-state index in [4.69, 9.17) is 4.74 Å². The summed E-state index contributed by atoms with van der Waals surface area (Å²) in [5.41, 5.74) is 2.53. The Labute approximate surface area is 204 Å². The minimum atomic E-state index is -0.515. The lowest BCUT2D eigenvalue weighted by atomic mass is 9.75. The smallest absolute Gasteiger partial charge is 0.119 e. The molecule has 0 atom stereocenters. The number of hydrogen-bond acceptors (Lipinski definition) is 6. The number of likely N-dealkylation sites (tertiary alicyclic amines) is 1. The molecule has 0 bridgehead atoms. The quantitative estimate of drug-likeness (QED) is 0.337. The van der Waals surface area contributed by atoms with E-state index in [1.807, 2.05) is 30.0 Å². The highest BCUT2D eigenvalue weighted by molar-refractivity contribution is 8.01. The van der Waals surface area contributed by atoms with E-state index in [1.54, 1.807) is 24.6 Å². The molecule has 0 saturated carbocycles. The van der Waals surface area contributed by atoms with Gasteiger partial charge in [-0.1, -0.05) is 6.07 Å². The maximum absolute atomic E-state index is 13.7. The topological polar surface area (TPSA) is 45.6 Å². The first-order valence-electron chi connectivity index (χ1n) is 11.7. The van der Waals surface area contributed by atoms with E-state index in [1.165, 1.54) is 4.21 Å². The molecule has 1 saturated heterocycles. The molecule has 178 valence electrons. The number of fused-ring (bicyclic) bond motifs is 1. The van der Waals surface area contributed by atoms with Gasteiger partial charge in [0, 0.05) is 36.1 Å². The van der Waals surface area contributed by atoms with E-state index in [0.29, 0.717) is 5.56 Å². The normalized spacial score (nSPS) is 16.3. The Morgan fingerprint density at radius 1 is 1.27 bits per heavy atom. The molecule has 0 radical (unpaired) electrons. The van der Waals surface area contributed by atoms with Crippen LogP contribution < -0.4 is 4.74 Å². The van der Waals surface area contributed by atoms with Crippen molar-refractivity contribution in [1.29, 1.82) is 0 Å². The van der Waals surface area contributed by atoms with Crippen LogP contribution in [0.25, 0.3) is 10.9 Å². The van der Waals surface area contributed by atoms with Crippen LogP contribution in [0.4, 0.5) is 4.39 Å². The van der Waals surface area contributed by atoms with Gasteiger partial charge >= 0.3 is 0 Å². The van der Waals surface area contributed by atoms with E-state index >= 15 is 0 Å². The Bertz CT molecular complexity index is 1020. The molecule has 0 spiro atoms. The average Bonchev–Trinajstić information content (AvgIpc) is 3.38. The number of aryl methyl sites for hydroxylation is 1. The molecule has 0 aliphatic carbocycles. The summed E-state index contributed by atoms with van der Waals surface area (Å²) >= 11 is 3.73. The van der Waals surface area contributed by atoms with Crippen LogP contribution in [0.2, 0.25) is 0 Å². The summed E-state index contributed by atoms with van der Waals surface area (Å²) in [7, 11) is 1.64. The highest BCUT2D eigenvalue weighted by Gasteiger charge is 2.33. The predicted octanol–water partition coefficient (Wildman–Crippen LogP) is 5.96. The molecule has 1 N–H and O–H groups in total. The summed E-state index contributed by atoms with van der Waals surface area (Å²) in [5, 5.41) is 13.4. The van der Waals surface area contributed by atoms with Crippen LogP contribution in [-0.4, -0.2) is 54.1 Å². The monoisotopic (exact) mass is 488 g/mol. The van der Waals surface area contributed by atoms with Crippen molar-refractivity contribution in [2.75, 3.05) is 39.1 Å². The number of aliphatic hydroxyl groups is 1. The second-order valence-electron chi connectivity index (χ2n) is 8.91. The van der Waals surface area contributed by atoms with Gasteiger partial charge in [-0.25, -0.2) is 4.39 Å². The van der Waals surface area contributed by atoms with E-state index in [0.717, 1.165) is 79.7 Å². The zero-order valence-electron chi connectivity index (χ0n) is 19.3. The van der Waals surface area contributed by atoms with E-state index in [2.05, 4.69) is 27.4 Å². The summed E-state index contributed by atoms with van der Waals surface area (Å²) in [6, 6.07) is 10.1. The SMILES string of the molecule is COc1ccc2ncc(CF)c(CCCC3(CO)CCN(CCSc4cccs4)CC3)c2c1. The number of alkyl halides is 1. The predicted molar refractivity (Wildman–Crippen MR) is 136 cm³/mol. The number of hydrogen-bond donors (Lipinski definition) is 1. The molecule has 1 fully saturated rings. The highest BCUT2D eigenvalue weighted by Crippen LogP contribution is 2.37. The lowest BCUT2D eigenvalue weighted by Gasteiger charge is -2.41. The van der Waals surface area contributed by atoms with Crippen LogP contribution in [0.5, 0.6) is 5.75 Å². The van der Waals surface area contributed by atoms with Crippen LogP contribution >= 0.6 is 23.1 Å². The minimum Gasteiger partial charge on any atom is -0.497 e. The molecule has 2 aromatic heterocycles. The number of piperidine rings is 1. The maximum Gasteiger partial charge on any atom is 0.119 e. The van der Waals surface area contributed by atoms with E-state index < -0.39 is 6.67 Å². The van der Waals surface area contributed by atoms with Gasteiger partial charge in [-0.3, -0.25) is 4.98 Å². The van der Waals surface area contributed by atoms with Crippen LogP contribution in [0.15, 0.2) is 46.1 Å². The van der Waals surface area contributed by atoms with Gasteiger partial charge in [-0.05, 0) is 85.8 Å². The third-order valence-electron chi connectivity index (χ3n) is 6.95. The Balaban J connectivity index is 1.33. The number of benzene rings is 1. The maximum atomic E-state index is 13.7. The number of nitrogens with zero attached hydrogens (tertiary/aromatic N) is 2. The van der Waals surface area contributed by atoms with Crippen molar-refractivity contribution in [1.82, 2.24) is 9.88 Å². The Kier molecular flexibility index (Phi) is 8.63. The number of halogens is 1. The minimum absolute atomic E-state index is 0.0200. The van der Waals surface area contributed by atoms with Crippen molar-refractivity contribution in [2.45, 2.75) is 43.0 Å². The van der Waals surface area contributed by atoms with Gasteiger partial charge in [-0.15, -0.1) is 23.1 Å².